The zero-order valence-corrected chi connectivity index (χ0v) is 26.6. The van der Waals surface area contributed by atoms with E-state index in [0.29, 0.717) is 94.6 Å². The Morgan fingerprint density at radius 1 is 0.956 bits per heavy atom. The predicted molar refractivity (Wildman–Crippen MR) is 176 cm³/mol. The fourth-order valence-electron chi connectivity index (χ4n) is 5.14. The van der Waals surface area contributed by atoms with Crippen molar-refractivity contribution < 1.29 is 18.7 Å². The molecule has 4 aromatic rings. The van der Waals surface area contributed by atoms with Gasteiger partial charge in [0.05, 0.1) is 46.5 Å². The fraction of sp³-hybridized carbons (Fsp3) is 0.303. The van der Waals surface area contributed by atoms with E-state index in [2.05, 4.69) is 26.3 Å². The molecular weight excluding hydrogens is 618 g/mol. The number of pyridine rings is 2. The van der Waals surface area contributed by atoms with Crippen LogP contribution in [0.25, 0.3) is 22.5 Å². The van der Waals surface area contributed by atoms with Gasteiger partial charge in [-0.05, 0) is 30.7 Å². The van der Waals surface area contributed by atoms with Gasteiger partial charge in [-0.1, -0.05) is 53.5 Å². The lowest BCUT2D eigenvalue weighted by molar-refractivity contribution is -0.119. The number of nitrogens with zero attached hydrogens (tertiary/aromatic N) is 2. The van der Waals surface area contributed by atoms with Gasteiger partial charge in [-0.15, -0.1) is 0 Å². The van der Waals surface area contributed by atoms with Crippen molar-refractivity contribution in [1.82, 2.24) is 25.9 Å². The average molecular weight is 654 g/mol. The van der Waals surface area contributed by atoms with E-state index in [1.807, 2.05) is 24.3 Å². The Morgan fingerprint density at radius 3 is 2.53 bits per heavy atom. The van der Waals surface area contributed by atoms with Gasteiger partial charge in [0.25, 0.3) is 0 Å². The standard InChI is InChI=1S/C33H35Cl2FN6O3/c1-44-16-15-37-17-20-5-3-8-27(31(20)36)41-26-7-4-6-24(29(26)34)32-30(35)23(13-14-39-32)25-11-9-21(33(42-25)45-2)18-38-19-22-10-12-28(43)40-22/h3-9,11,13-14,22,37-38,41H,10,12,15-19H2,1-2H3,(H,40,43). The molecule has 5 rings (SSSR count). The molecule has 1 unspecified atom stereocenters. The Bertz CT molecular complexity index is 1660. The molecule has 1 aliphatic rings. The van der Waals surface area contributed by atoms with Crippen LogP contribution in [0.3, 0.4) is 0 Å². The number of methoxy groups -OCH3 is 2. The second-order valence-corrected chi connectivity index (χ2v) is 11.3. The Labute approximate surface area is 271 Å². The summed E-state index contributed by atoms with van der Waals surface area (Å²) in [6.45, 7) is 2.70. The quantitative estimate of drug-likeness (QED) is 0.121. The molecule has 12 heteroatoms. The van der Waals surface area contributed by atoms with Gasteiger partial charge in [-0.25, -0.2) is 9.37 Å². The molecule has 4 N–H and O–H groups in total. The number of benzene rings is 2. The number of halogens is 3. The van der Waals surface area contributed by atoms with Crippen molar-refractivity contribution in [2.45, 2.75) is 32.0 Å². The third-order valence-electron chi connectivity index (χ3n) is 7.49. The summed E-state index contributed by atoms with van der Waals surface area (Å²) in [6, 6.07) is 16.3. The van der Waals surface area contributed by atoms with Crippen LogP contribution >= 0.6 is 23.2 Å². The smallest absolute Gasteiger partial charge is 0.220 e. The van der Waals surface area contributed by atoms with E-state index in [1.165, 1.54) is 0 Å². The van der Waals surface area contributed by atoms with Gasteiger partial charge in [0.15, 0.2) is 5.82 Å². The molecule has 1 amide bonds. The van der Waals surface area contributed by atoms with Crippen LogP contribution in [0, 0.1) is 5.82 Å². The van der Waals surface area contributed by atoms with Crippen LogP contribution in [-0.4, -0.2) is 55.8 Å². The topological polar surface area (TPSA) is 109 Å². The predicted octanol–water partition coefficient (Wildman–Crippen LogP) is 6.11. The molecule has 0 bridgehead atoms. The second kappa shape index (κ2) is 15.5. The molecule has 1 aliphatic heterocycles. The number of carbonyl (C=O) groups is 1. The number of rotatable bonds is 14. The molecule has 1 atom stereocenters. The van der Waals surface area contributed by atoms with E-state index in [9.17, 15) is 4.79 Å². The van der Waals surface area contributed by atoms with Crippen molar-refractivity contribution in [3.05, 3.63) is 87.8 Å². The van der Waals surface area contributed by atoms with E-state index < -0.39 is 0 Å². The first-order valence-electron chi connectivity index (χ1n) is 14.6. The minimum Gasteiger partial charge on any atom is -0.481 e. The SMILES string of the molecule is COCCNCc1cccc(Nc2cccc(-c3nccc(-c4ccc(CNCC5CCC(=O)N5)c(OC)n4)c3Cl)c2Cl)c1F. The second-order valence-electron chi connectivity index (χ2n) is 10.6. The molecule has 1 fully saturated rings. The van der Waals surface area contributed by atoms with Crippen molar-refractivity contribution >= 4 is 40.5 Å². The summed E-state index contributed by atoms with van der Waals surface area (Å²) in [5, 5.41) is 13.3. The molecular formula is C33H35Cl2FN6O3. The molecule has 0 saturated carbocycles. The average Bonchev–Trinajstić information content (AvgIpc) is 3.47. The Kier molecular flexibility index (Phi) is 11.2. The molecule has 9 nitrogen and oxygen atoms in total. The maximum absolute atomic E-state index is 15.3. The summed E-state index contributed by atoms with van der Waals surface area (Å²) in [6.07, 6.45) is 3.03. The van der Waals surface area contributed by atoms with Crippen molar-refractivity contribution in [3.8, 4) is 28.4 Å². The van der Waals surface area contributed by atoms with E-state index in [0.717, 1.165) is 12.0 Å². The van der Waals surface area contributed by atoms with Gasteiger partial charge < -0.3 is 30.7 Å². The van der Waals surface area contributed by atoms with Crippen LogP contribution in [-0.2, 0) is 22.6 Å². The van der Waals surface area contributed by atoms with Crippen molar-refractivity contribution in [1.29, 1.82) is 0 Å². The molecule has 0 aliphatic carbocycles. The molecule has 1 saturated heterocycles. The lowest BCUT2D eigenvalue weighted by Crippen LogP contribution is -2.35. The van der Waals surface area contributed by atoms with Gasteiger partial charge >= 0.3 is 0 Å². The van der Waals surface area contributed by atoms with Gasteiger partial charge in [0.1, 0.15) is 0 Å². The third-order valence-corrected chi connectivity index (χ3v) is 8.28. The summed E-state index contributed by atoms with van der Waals surface area (Å²) < 4.78 is 26.0. The number of nitrogens with one attached hydrogen (secondary N) is 4. The summed E-state index contributed by atoms with van der Waals surface area (Å²) >= 11 is 13.8. The van der Waals surface area contributed by atoms with Gasteiger partial charge in [-0.2, -0.15) is 0 Å². The lowest BCUT2D eigenvalue weighted by atomic mass is 10.0. The van der Waals surface area contributed by atoms with Crippen LogP contribution < -0.4 is 26.0 Å². The number of ether oxygens (including phenoxy) is 2. The number of carbonyl (C=O) groups excluding carboxylic acids is 1. The zero-order valence-electron chi connectivity index (χ0n) is 25.1. The maximum Gasteiger partial charge on any atom is 0.220 e. The van der Waals surface area contributed by atoms with Crippen LogP contribution in [0.2, 0.25) is 10.0 Å². The minimum atomic E-state index is -0.369. The number of hydrogen-bond acceptors (Lipinski definition) is 8. The van der Waals surface area contributed by atoms with E-state index >= 15 is 4.39 Å². The fourth-order valence-corrected chi connectivity index (χ4v) is 5.71. The zero-order chi connectivity index (χ0) is 31.8. The van der Waals surface area contributed by atoms with Gasteiger partial charge in [0, 0.05) is 74.2 Å². The normalized spacial score (nSPS) is 14.4. The summed E-state index contributed by atoms with van der Waals surface area (Å²) in [5.74, 6) is 0.183. The molecule has 0 spiro atoms. The van der Waals surface area contributed by atoms with Crippen LogP contribution in [0.4, 0.5) is 15.8 Å². The minimum absolute atomic E-state index is 0.0877. The lowest BCUT2D eigenvalue weighted by Gasteiger charge is -2.16. The third kappa shape index (κ3) is 7.89. The van der Waals surface area contributed by atoms with E-state index in [1.54, 1.807) is 50.7 Å². The van der Waals surface area contributed by atoms with Crippen molar-refractivity contribution in [3.63, 3.8) is 0 Å². The highest BCUT2D eigenvalue weighted by molar-refractivity contribution is 6.39. The molecule has 3 heterocycles. The highest BCUT2D eigenvalue weighted by atomic mass is 35.5. The van der Waals surface area contributed by atoms with E-state index in [-0.39, 0.29) is 17.8 Å². The molecule has 236 valence electrons. The van der Waals surface area contributed by atoms with Gasteiger partial charge in [0.2, 0.25) is 11.8 Å². The van der Waals surface area contributed by atoms with Crippen LogP contribution in [0.15, 0.2) is 60.8 Å². The highest BCUT2D eigenvalue weighted by Crippen LogP contribution is 2.41. The Balaban J connectivity index is 1.35. The summed E-state index contributed by atoms with van der Waals surface area (Å²) in [7, 11) is 3.19. The Hall–Kier alpha value is -3.80. The number of hydrogen-bond donors (Lipinski definition) is 4. The van der Waals surface area contributed by atoms with Crippen molar-refractivity contribution in [2.24, 2.45) is 0 Å². The van der Waals surface area contributed by atoms with Gasteiger partial charge in [-0.3, -0.25) is 9.78 Å². The van der Waals surface area contributed by atoms with E-state index in [4.69, 9.17) is 37.7 Å². The Morgan fingerprint density at radius 2 is 1.76 bits per heavy atom. The van der Waals surface area contributed by atoms with Crippen LogP contribution in [0.5, 0.6) is 5.88 Å². The number of amides is 1. The first kappa shape index (κ1) is 32.6. The highest BCUT2D eigenvalue weighted by Gasteiger charge is 2.21. The van der Waals surface area contributed by atoms with Crippen molar-refractivity contribution in [2.75, 3.05) is 39.2 Å². The van der Waals surface area contributed by atoms with Crippen LogP contribution in [0.1, 0.15) is 24.0 Å². The molecule has 45 heavy (non-hydrogen) atoms. The molecule has 2 aromatic heterocycles. The summed E-state index contributed by atoms with van der Waals surface area (Å²) in [4.78, 5) is 20.7. The summed E-state index contributed by atoms with van der Waals surface area (Å²) in [5.41, 5.74) is 4.51. The molecule has 0 radical (unpaired) electrons. The first-order valence-corrected chi connectivity index (χ1v) is 15.4. The maximum atomic E-state index is 15.3. The number of anilines is 2. The number of aromatic nitrogens is 2. The monoisotopic (exact) mass is 652 g/mol. The first-order chi connectivity index (χ1) is 21.9. The largest absolute Gasteiger partial charge is 0.481 e. The molecule has 2 aromatic carbocycles.